The number of primary amides is 1. The maximum Gasteiger partial charge on any atom is 0.255 e. The lowest BCUT2D eigenvalue weighted by molar-refractivity contribution is -0.122. The molecule has 1 atom stereocenters. The van der Waals surface area contributed by atoms with Crippen LogP contribution in [0, 0.1) is 5.41 Å². The van der Waals surface area contributed by atoms with Gasteiger partial charge in [0.05, 0.1) is 17.2 Å². The molecule has 0 bridgehead atoms. The fourth-order valence-electron chi connectivity index (χ4n) is 3.64. The molecule has 5 nitrogen and oxygen atoms in total. The van der Waals surface area contributed by atoms with Crippen LogP contribution in [-0.2, 0) is 4.79 Å². The minimum absolute atomic E-state index is 0.146. The van der Waals surface area contributed by atoms with E-state index in [1.807, 2.05) is 0 Å². The van der Waals surface area contributed by atoms with Crippen LogP contribution in [0.5, 0.6) is 5.75 Å². The Hall–Kier alpha value is -2.24. The molecule has 2 N–H and O–H groups in total. The van der Waals surface area contributed by atoms with Crippen molar-refractivity contribution < 1.29 is 14.3 Å². The van der Waals surface area contributed by atoms with Crippen LogP contribution in [-0.4, -0.2) is 36.4 Å². The summed E-state index contributed by atoms with van der Waals surface area (Å²) in [5.41, 5.74) is 5.43. The fourth-order valence-corrected chi connectivity index (χ4v) is 3.98. The molecule has 1 heterocycles. The number of piperidine rings is 1. The van der Waals surface area contributed by atoms with Crippen LogP contribution < -0.4 is 10.5 Å². The van der Waals surface area contributed by atoms with Crippen LogP contribution in [0.4, 0.5) is 0 Å². The average molecular weight is 421 g/mol. The second-order valence-corrected chi connectivity index (χ2v) is 8.04. The monoisotopic (exact) mass is 420 g/mol. The van der Waals surface area contributed by atoms with Gasteiger partial charge in [-0.15, -0.1) is 0 Å². The maximum atomic E-state index is 13.0. The van der Waals surface area contributed by atoms with Crippen molar-refractivity contribution >= 4 is 35.0 Å². The summed E-state index contributed by atoms with van der Waals surface area (Å²) in [5, 5.41) is 1.03. The highest BCUT2D eigenvalue weighted by Crippen LogP contribution is 2.35. The Morgan fingerprint density at radius 2 is 1.82 bits per heavy atom. The second kappa shape index (κ2) is 8.84. The van der Waals surface area contributed by atoms with Crippen molar-refractivity contribution in [2.45, 2.75) is 19.3 Å². The SMILES string of the molecule is NC(=O)CC1(COc2ccc(Cl)cc2)CCCN(C(=O)c2ccccc2Cl)C1. The molecule has 1 aliphatic heterocycles. The van der Waals surface area contributed by atoms with Crippen LogP contribution in [0.2, 0.25) is 10.0 Å². The number of halogens is 2. The number of benzene rings is 2. The molecular formula is C21H22Cl2N2O3. The van der Waals surface area contributed by atoms with Gasteiger partial charge >= 0.3 is 0 Å². The zero-order valence-electron chi connectivity index (χ0n) is 15.4. The van der Waals surface area contributed by atoms with Gasteiger partial charge in [-0.2, -0.15) is 0 Å². The topological polar surface area (TPSA) is 72.6 Å². The van der Waals surface area contributed by atoms with Crippen LogP contribution in [0.15, 0.2) is 48.5 Å². The molecular weight excluding hydrogens is 399 g/mol. The highest BCUT2D eigenvalue weighted by molar-refractivity contribution is 6.33. The number of carbonyl (C=O) groups is 2. The summed E-state index contributed by atoms with van der Waals surface area (Å²) in [4.78, 5) is 26.5. The Bertz CT molecular complexity index is 857. The van der Waals surface area contributed by atoms with Crippen molar-refractivity contribution in [2.75, 3.05) is 19.7 Å². The van der Waals surface area contributed by atoms with Crippen molar-refractivity contribution in [2.24, 2.45) is 11.1 Å². The van der Waals surface area contributed by atoms with Crippen molar-refractivity contribution in [1.29, 1.82) is 0 Å². The third-order valence-electron chi connectivity index (χ3n) is 4.96. The lowest BCUT2D eigenvalue weighted by atomic mass is 9.77. The number of hydrogen-bond donors (Lipinski definition) is 1. The van der Waals surface area contributed by atoms with Gasteiger partial charge in [0.25, 0.3) is 5.91 Å². The molecule has 0 spiro atoms. The summed E-state index contributed by atoms with van der Waals surface area (Å²) in [5.74, 6) is 0.0974. The van der Waals surface area contributed by atoms with Crippen LogP contribution in [0.3, 0.4) is 0 Å². The number of hydrogen-bond acceptors (Lipinski definition) is 3. The van der Waals surface area contributed by atoms with Gasteiger partial charge in [-0.25, -0.2) is 0 Å². The molecule has 0 aliphatic carbocycles. The molecule has 1 aliphatic rings. The third kappa shape index (κ3) is 4.97. The number of likely N-dealkylation sites (tertiary alicyclic amines) is 1. The molecule has 1 unspecified atom stereocenters. The van der Waals surface area contributed by atoms with Crippen LogP contribution in [0.25, 0.3) is 0 Å². The van der Waals surface area contributed by atoms with E-state index < -0.39 is 11.3 Å². The molecule has 0 saturated carbocycles. The van der Waals surface area contributed by atoms with Gasteiger partial charge in [0, 0.05) is 29.9 Å². The molecule has 2 aromatic carbocycles. The first-order chi connectivity index (χ1) is 13.4. The number of nitrogens with two attached hydrogens (primary N) is 1. The molecule has 0 aromatic heterocycles. The number of nitrogens with zero attached hydrogens (tertiary/aromatic N) is 1. The predicted octanol–water partition coefficient (Wildman–Crippen LogP) is 4.17. The summed E-state index contributed by atoms with van der Waals surface area (Å²) < 4.78 is 5.93. The van der Waals surface area contributed by atoms with E-state index in [4.69, 9.17) is 33.7 Å². The second-order valence-electron chi connectivity index (χ2n) is 7.20. The highest BCUT2D eigenvalue weighted by Gasteiger charge is 2.40. The van der Waals surface area contributed by atoms with Crippen molar-refractivity contribution in [1.82, 2.24) is 4.90 Å². The zero-order chi connectivity index (χ0) is 20.1. The van der Waals surface area contributed by atoms with Crippen molar-refractivity contribution in [3.8, 4) is 5.75 Å². The minimum Gasteiger partial charge on any atom is -0.493 e. The van der Waals surface area contributed by atoms with Gasteiger partial charge in [-0.3, -0.25) is 9.59 Å². The summed E-state index contributed by atoms with van der Waals surface area (Å²) in [6.07, 6.45) is 1.65. The van der Waals surface area contributed by atoms with E-state index in [2.05, 4.69) is 0 Å². The van der Waals surface area contributed by atoms with Gasteiger partial charge in [-0.1, -0.05) is 35.3 Å². The Labute approximate surface area is 174 Å². The summed E-state index contributed by atoms with van der Waals surface area (Å²) >= 11 is 12.1. The maximum absolute atomic E-state index is 13.0. The molecule has 2 aromatic rings. The van der Waals surface area contributed by atoms with Gasteiger partial charge in [0.2, 0.25) is 5.91 Å². The van der Waals surface area contributed by atoms with E-state index >= 15 is 0 Å². The molecule has 1 saturated heterocycles. The summed E-state index contributed by atoms with van der Waals surface area (Å²) in [6, 6.07) is 14.0. The van der Waals surface area contributed by atoms with E-state index in [0.29, 0.717) is 34.4 Å². The molecule has 28 heavy (non-hydrogen) atoms. The standard InChI is InChI=1S/C21H22Cl2N2O3/c22-15-6-8-16(9-7-15)28-14-21(12-19(24)26)10-3-11-25(13-21)20(27)17-4-1-2-5-18(17)23/h1-2,4-9H,3,10-14H2,(H2,24,26). The van der Waals surface area contributed by atoms with E-state index in [-0.39, 0.29) is 18.9 Å². The fraction of sp³-hybridized carbons (Fsp3) is 0.333. The molecule has 2 amide bonds. The normalized spacial score (nSPS) is 19.3. The first-order valence-corrected chi connectivity index (χ1v) is 9.85. The smallest absolute Gasteiger partial charge is 0.255 e. The number of amides is 2. The van der Waals surface area contributed by atoms with E-state index in [1.54, 1.807) is 53.4 Å². The van der Waals surface area contributed by atoms with E-state index in [1.165, 1.54) is 0 Å². The lowest BCUT2D eigenvalue weighted by Gasteiger charge is -2.42. The van der Waals surface area contributed by atoms with Gasteiger partial charge < -0.3 is 15.4 Å². The lowest BCUT2D eigenvalue weighted by Crippen LogP contribution is -2.50. The summed E-state index contributed by atoms with van der Waals surface area (Å²) in [7, 11) is 0. The van der Waals surface area contributed by atoms with Gasteiger partial charge in [0.1, 0.15) is 5.75 Å². The number of rotatable bonds is 6. The molecule has 0 radical (unpaired) electrons. The van der Waals surface area contributed by atoms with E-state index in [0.717, 1.165) is 12.8 Å². The third-order valence-corrected chi connectivity index (χ3v) is 5.54. The first-order valence-electron chi connectivity index (χ1n) is 9.09. The molecule has 7 heteroatoms. The average Bonchev–Trinajstić information content (AvgIpc) is 2.67. The Kier molecular flexibility index (Phi) is 6.47. The largest absolute Gasteiger partial charge is 0.493 e. The highest BCUT2D eigenvalue weighted by atomic mass is 35.5. The predicted molar refractivity (Wildman–Crippen MR) is 110 cm³/mol. The Balaban J connectivity index is 1.77. The quantitative estimate of drug-likeness (QED) is 0.761. The van der Waals surface area contributed by atoms with E-state index in [9.17, 15) is 9.59 Å². The summed E-state index contributed by atoms with van der Waals surface area (Å²) in [6.45, 7) is 1.27. The van der Waals surface area contributed by atoms with Gasteiger partial charge in [0.15, 0.2) is 0 Å². The number of carbonyl (C=O) groups excluding carboxylic acids is 2. The molecule has 1 fully saturated rings. The molecule has 3 rings (SSSR count). The van der Waals surface area contributed by atoms with Gasteiger partial charge in [-0.05, 0) is 49.2 Å². The first kappa shape index (κ1) is 20.5. The van der Waals surface area contributed by atoms with Crippen LogP contribution >= 0.6 is 23.2 Å². The number of ether oxygens (including phenoxy) is 1. The van der Waals surface area contributed by atoms with Crippen molar-refractivity contribution in [3.05, 3.63) is 64.1 Å². The van der Waals surface area contributed by atoms with Crippen molar-refractivity contribution in [3.63, 3.8) is 0 Å². The zero-order valence-corrected chi connectivity index (χ0v) is 16.9. The van der Waals surface area contributed by atoms with Crippen LogP contribution in [0.1, 0.15) is 29.6 Å². The Morgan fingerprint density at radius 1 is 1.11 bits per heavy atom. The minimum atomic E-state index is -0.541. The Morgan fingerprint density at radius 3 is 2.50 bits per heavy atom. The molecule has 148 valence electrons.